The molecule has 1 atom stereocenters. The molecule has 0 N–H and O–H groups in total. The molecule has 1 aromatic heterocycles. The van der Waals surface area contributed by atoms with Crippen molar-refractivity contribution in [2.75, 3.05) is 31.1 Å². The number of piperidine rings is 1. The molecule has 0 bridgehead atoms. The van der Waals surface area contributed by atoms with Crippen LogP contribution in [0.5, 0.6) is 0 Å². The van der Waals surface area contributed by atoms with E-state index in [4.69, 9.17) is 4.74 Å². The number of nitrogens with zero attached hydrogens (tertiary/aromatic N) is 4. The van der Waals surface area contributed by atoms with Gasteiger partial charge in [0.25, 0.3) is 5.91 Å². The number of hydrogen-bond acceptors (Lipinski definition) is 4. The largest absolute Gasteiger partial charge is 0.361 e. The van der Waals surface area contributed by atoms with Crippen LogP contribution < -0.4 is 4.90 Å². The molecule has 154 valence electrons. The summed E-state index contributed by atoms with van der Waals surface area (Å²) >= 11 is 0. The molecule has 0 saturated carbocycles. The molecule has 2 fully saturated rings. The molecule has 7 nitrogen and oxygen atoms in total. The number of carbonyl (C=O) groups is 2. The molecule has 3 heterocycles. The maximum atomic E-state index is 12.8. The Bertz CT molecular complexity index is 866. The van der Waals surface area contributed by atoms with E-state index < -0.39 is 5.60 Å². The van der Waals surface area contributed by atoms with Crippen LogP contribution in [0.2, 0.25) is 0 Å². The van der Waals surface area contributed by atoms with Crippen molar-refractivity contribution in [2.45, 2.75) is 44.8 Å². The standard InChI is InChI=1S/C22H28N4O3/c1-18-23-11-14-24(18)12-5-9-20(27)25-13-6-10-22(16-25)17-26(21(28)15-29-22)19-7-3-2-4-8-19/h2-4,7-8,11,14H,5-6,9-10,12-13,15-17H2,1H3. The predicted molar refractivity (Wildman–Crippen MR) is 109 cm³/mol. The van der Waals surface area contributed by atoms with Crippen LogP contribution in [0.15, 0.2) is 42.7 Å². The molecule has 2 aliphatic rings. The van der Waals surface area contributed by atoms with Crippen molar-refractivity contribution in [3.05, 3.63) is 48.5 Å². The van der Waals surface area contributed by atoms with Gasteiger partial charge in [0.05, 0.1) is 13.1 Å². The molecule has 1 aromatic carbocycles. The number of amides is 2. The SMILES string of the molecule is Cc1nccn1CCCC(=O)N1CCCC2(C1)CN(c1ccccc1)C(=O)CO2. The predicted octanol–water partition coefficient (Wildman–Crippen LogP) is 2.40. The fourth-order valence-corrected chi connectivity index (χ4v) is 4.31. The van der Waals surface area contributed by atoms with Gasteiger partial charge in [-0.2, -0.15) is 0 Å². The molecule has 1 unspecified atom stereocenters. The Kier molecular flexibility index (Phi) is 5.67. The Morgan fingerprint density at radius 3 is 2.83 bits per heavy atom. The summed E-state index contributed by atoms with van der Waals surface area (Å²) in [7, 11) is 0. The second kappa shape index (κ2) is 8.37. The molecule has 2 amide bonds. The highest BCUT2D eigenvalue weighted by atomic mass is 16.5. The first-order chi connectivity index (χ1) is 14.1. The van der Waals surface area contributed by atoms with E-state index in [1.165, 1.54) is 0 Å². The number of imidazole rings is 1. The Balaban J connectivity index is 1.37. The van der Waals surface area contributed by atoms with E-state index in [1.54, 1.807) is 11.1 Å². The van der Waals surface area contributed by atoms with Crippen molar-refractivity contribution in [2.24, 2.45) is 0 Å². The maximum absolute atomic E-state index is 12.8. The van der Waals surface area contributed by atoms with Gasteiger partial charge in [-0.3, -0.25) is 9.59 Å². The normalized spacial score (nSPS) is 22.3. The molecule has 2 saturated heterocycles. The van der Waals surface area contributed by atoms with Crippen LogP contribution in [0.3, 0.4) is 0 Å². The van der Waals surface area contributed by atoms with Crippen LogP contribution in [0.4, 0.5) is 5.69 Å². The van der Waals surface area contributed by atoms with Crippen LogP contribution >= 0.6 is 0 Å². The topological polar surface area (TPSA) is 67.7 Å². The van der Waals surface area contributed by atoms with Gasteiger partial charge < -0.3 is 19.1 Å². The first kappa shape index (κ1) is 19.6. The molecule has 1 spiro atoms. The minimum atomic E-state index is -0.474. The highest BCUT2D eigenvalue weighted by Crippen LogP contribution is 2.32. The van der Waals surface area contributed by atoms with Crippen molar-refractivity contribution < 1.29 is 14.3 Å². The highest BCUT2D eigenvalue weighted by molar-refractivity contribution is 5.95. The fourth-order valence-electron chi connectivity index (χ4n) is 4.31. The minimum absolute atomic E-state index is 0.0269. The van der Waals surface area contributed by atoms with Crippen molar-refractivity contribution in [3.63, 3.8) is 0 Å². The van der Waals surface area contributed by atoms with Gasteiger partial charge in [0.2, 0.25) is 5.91 Å². The summed E-state index contributed by atoms with van der Waals surface area (Å²) < 4.78 is 8.10. The van der Waals surface area contributed by atoms with E-state index in [0.29, 0.717) is 19.5 Å². The summed E-state index contributed by atoms with van der Waals surface area (Å²) in [6, 6.07) is 9.70. The summed E-state index contributed by atoms with van der Waals surface area (Å²) in [4.78, 5) is 33.2. The third kappa shape index (κ3) is 4.34. The lowest BCUT2D eigenvalue weighted by molar-refractivity contribution is -0.153. The first-order valence-electron chi connectivity index (χ1n) is 10.3. The monoisotopic (exact) mass is 396 g/mol. The van der Waals surface area contributed by atoms with Crippen molar-refractivity contribution in [1.29, 1.82) is 0 Å². The van der Waals surface area contributed by atoms with E-state index >= 15 is 0 Å². The number of benzene rings is 1. The molecule has 4 rings (SSSR count). The number of aromatic nitrogens is 2. The van der Waals surface area contributed by atoms with Gasteiger partial charge >= 0.3 is 0 Å². The molecule has 2 aliphatic heterocycles. The van der Waals surface area contributed by atoms with Crippen LogP contribution in [-0.2, 0) is 20.9 Å². The summed E-state index contributed by atoms with van der Waals surface area (Å²) in [5.74, 6) is 1.10. The quantitative estimate of drug-likeness (QED) is 0.778. The number of ether oxygens (including phenoxy) is 1. The van der Waals surface area contributed by atoms with Crippen molar-refractivity contribution in [1.82, 2.24) is 14.5 Å². The molecule has 2 aromatic rings. The third-order valence-electron chi connectivity index (χ3n) is 5.92. The molecule has 0 radical (unpaired) electrons. The smallest absolute Gasteiger partial charge is 0.253 e. The Morgan fingerprint density at radius 1 is 1.24 bits per heavy atom. The van der Waals surface area contributed by atoms with E-state index in [9.17, 15) is 9.59 Å². The van der Waals surface area contributed by atoms with Crippen LogP contribution in [0.25, 0.3) is 0 Å². The fraction of sp³-hybridized carbons (Fsp3) is 0.500. The van der Waals surface area contributed by atoms with Crippen molar-refractivity contribution >= 4 is 17.5 Å². The summed E-state index contributed by atoms with van der Waals surface area (Å²) in [6.07, 6.45) is 6.78. The molecule has 29 heavy (non-hydrogen) atoms. The second-order valence-corrected chi connectivity index (χ2v) is 7.98. The van der Waals surface area contributed by atoms with Gasteiger partial charge in [0.1, 0.15) is 18.0 Å². The van der Waals surface area contributed by atoms with Crippen LogP contribution in [-0.4, -0.2) is 58.1 Å². The second-order valence-electron chi connectivity index (χ2n) is 7.98. The molecular formula is C22H28N4O3. The molecular weight excluding hydrogens is 368 g/mol. The van der Waals surface area contributed by atoms with Gasteiger partial charge in [0, 0.05) is 37.6 Å². The van der Waals surface area contributed by atoms with Gasteiger partial charge in [-0.25, -0.2) is 4.98 Å². The number of morpholine rings is 1. The summed E-state index contributed by atoms with van der Waals surface area (Å²) in [6.45, 7) is 4.63. The molecule has 7 heteroatoms. The lowest BCUT2D eigenvalue weighted by Gasteiger charge is -2.47. The maximum Gasteiger partial charge on any atom is 0.253 e. The average Bonchev–Trinajstić information content (AvgIpc) is 3.15. The van der Waals surface area contributed by atoms with Gasteiger partial charge in [-0.1, -0.05) is 18.2 Å². The average molecular weight is 396 g/mol. The van der Waals surface area contributed by atoms with Gasteiger partial charge in [0.15, 0.2) is 0 Å². The zero-order valence-corrected chi connectivity index (χ0v) is 16.9. The number of aryl methyl sites for hydroxylation is 2. The number of likely N-dealkylation sites (tertiary alicyclic amines) is 1. The van der Waals surface area contributed by atoms with Gasteiger partial charge in [-0.05, 0) is 38.3 Å². The first-order valence-corrected chi connectivity index (χ1v) is 10.3. The summed E-state index contributed by atoms with van der Waals surface area (Å²) in [5, 5.41) is 0. The van der Waals surface area contributed by atoms with E-state index in [0.717, 1.165) is 43.9 Å². The van der Waals surface area contributed by atoms with E-state index in [1.807, 2.05) is 48.4 Å². The number of para-hydroxylation sites is 1. The van der Waals surface area contributed by atoms with E-state index in [-0.39, 0.29) is 18.4 Å². The zero-order chi connectivity index (χ0) is 20.3. The third-order valence-corrected chi connectivity index (χ3v) is 5.92. The summed E-state index contributed by atoms with van der Waals surface area (Å²) in [5.41, 5.74) is 0.415. The van der Waals surface area contributed by atoms with Crippen molar-refractivity contribution in [3.8, 4) is 0 Å². The highest BCUT2D eigenvalue weighted by Gasteiger charge is 2.44. The lowest BCUT2D eigenvalue weighted by Crippen LogP contribution is -2.62. The van der Waals surface area contributed by atoms with Crippen LogP contribution in [0, 0.1) is 6.92 Å². The van der Waals surface area contributed by atoms with E-state index in [2.05, 4.69) is 9.55 Å². The van der Waals surface area contributed by atoms with Crippen LogP contribution in [0.1, 0.15) is 31.5 Å². The van der Waals surface area contributed by atoms with Gasteiger partial charge in [-0.15, -0.1) is 0 Å². The number of anilines is 1. The lowest BCUT2D eigenvalue weighted by atomic mass is 9.90. The number of carbonyl (C=O) groups excluding carboxylic acids is 2. The number of rotatable bonds is 5. The zero-order valence-electron chi connectivity index (χ0n) is 16.9. The molecule has 0 aliphatic carbocycles. The Labute approximate surface area is 171 Å². The Hall–Kier alpha value is -2.67. The Morgan fingerprint density at radius 2 is 2.07 bits per heavy atom. The minimum Gasteiger partial charge on any atom is -0.361 e. The number of hydrogen-bond donors (Lipinski definition) is 0.